The van der Waals surface area contributed by atoms with Crippen LogP contribution in [0, 0.1) is 5.92 Å². The fraction of sp³-hybridized carbons (Fsp3) is 0.474. The summed E-state index contributed by atoms with van der Waals surface area (Å²) < 4.78 is 11.4. The molecule has 6 nitrogen and oxygen atoms in total. The van der Waals surface area contributed by atoms with E-state index in [0.29, 0.717) is 32.2 Å². The van der Waals surface area contributed by atoms with Crippen molar-refractivity contribution < 1.29 is 14.3 Å². The summed E-state index contributed by atoms with van der Waals surface area (Å²) in [4.78, 5) is 16.8. The first-order chi connectivity index (χ1) is 12.1. The van der Waals surface area contributed by atoms with Crippen LogP contribution in [0.3, 0.4) is 0 Å². The number of carbonyl (C=O) groups is 1. The highest BCUT2D eigenvalue weighted by Gasteiger charge is 2.27. The van der Waals surface area contributed by atoms with Crippen molar-refractivity contribution in [2.24, 2.45) is 5.92 Å². The highest BCUT2D eigenvalue weighted by molar-refractivity contribution is 5.86. The number of fused-ring (bicyclic) bond motifs is 1. The molecule has 0 saturated carbocycles. The van der Waals surface area contributed by atoms with Gasteiger partial charge in [0, 0.05) is 24.7 Å². The molecule has 25 heavy (non-hydrogen) atoms. The second kappa shape index (κ2) is 7.80. The molecule has 3 rings (SSSR count). The molecule has 0 radical (unpaired) electrons. The van der Waals surface area contributed by atoms with E-state index >= 15 is 0 Å². The molecule has 0 bridgehead atoms. The van der Waals surface area contributed by atoms with Gasteiger partial charge in [0.2, 0.25) is 11.8 Å². The summed E-state index contributed by atoms with van der Waals surface area (Å²) in [7, 11) is 0. The number of aromatic nitrogens is 1. The van der Waals surface area contributed by atoms with Crippen molar-refractivity contribution in [2.45, 2.75) is 19.4 Å². The van der Waals surface area contributed by atoms with Crippen LogP contribution in [0.4, 0.5) is 0 Å². The molecule has 1 atom stereocenters. The zero-order valence-electron chi connectivity index (χ0n) is 14.7. The monoisotopic (exact) mass is 343 g/mol. The molecule has 134 valence electrons. The maximum absolute atomic E-state index is 12.5. The van der Waals surface area contributed by atoms with Crippen LogP contribution >= 0.6 is 0 Å². The van der Waals surface area contributed by atoms with Gasteiger partial charge >= 0.3 is 0 Å². The quantitative estimate of drug-likeness (QED) is 0.865. The molecule has 2 N–H and O–H groups in total. The first-order valence-corrected chi connectivity index (χ1v) is 8.62. The third-order valence-corrected chi connectivity index (χ3v) is 4.17. The lowest BCUT2D eigenvalue weighted by Crippen LogP contribution is -2.51. The van der Waals surface area contributed by atoms with Gasteiger partial charge in [0.15, 0.2) is 0 Å². The van der Waals surface area contributed by atoms with Crippen molar-refractivity contribution in [1.29, 1.82) is 0 Å². The smallest absolute Gasteiger partial charge is 0.227 e. The van der Waals surface area contributed by atoms with Crippen LogP contribution in [-0.2, 0) is 9.53 Å². The Morgan fingerprint density at radius 1 is 1.40 bits per heavy atom. The number of amides is 1. The molecule has 1 aliphatic heterocycles. The van der Waals surface area contributed by atoms with Crippen molar-refractivity contribution >= 4 is 16.7 Å². The van der Waals surface area contributed by atoms with Crippen molar-refractivity contribution in [3.8, 4) is 5.88 Å². The molecule has 1 aromatic heterocycles. The van der Waals surface area contributed by atoms with Crippen LogP contribution in [0.15, 0.2) is 36.5 Å². The van der Waals surface area contributed by atoms with Crippen molar-refractivity contribution in [3.63, 3.8) is 0 Å². The second-order valence-electron chi connectivity index (χ2n) is 6.98. The summed E-state index contributed by atoms with van der Waals surface area (Å²) in [6.07, 6.45) is 1.73. The number of pyridine rings is 1. The maximum atomic E-state index is 12.5. The van der Waals surface area contributed by atoms with Gasteiger partial charge in [-0.3, -0.25) is 4.79 Å². The summed E-state index contributed by atoms with van der Waals surface area (Å²) >= 11 is 0. The molecular weight excluding hydrogens is 318 g/mol. The lowest BCUT2D eigenvalue weighted by atomic mass is 10.0. The predicted molar refractivity (Wildman–Crippen MR) is 96.6 cm³/mol. The van der Waals surface area contributed by atoms with Crippen LogP contribution in [0.25, 0.3) is 10.8 Å². The second-order valence-corrected chi connectivity index (χ2v) is 6.98. The van der Waals surface area contributed by atoms with Gasteiger partial charge in [-0.15, -0.1) is 0 Å². The minimum absolute atomic E-state index is 0.0196. The highest BCUT2D eigenvalue weighted by Crippen LogP contribution is 2.23. The maximum Gasteiger partial charge on any atom is 0.227 e. The first-order valence-electron chi connectivity index (χ1n) is 8.62. The van der Waals surface area contributed by atoms with Gasteiger partial charge in [0.25, 0.3) is 0 Å². The summed E-state index contributed by atoms with van der Waals surface area (Å²) in [5.74, 6) is 0.381. The standard InChI is InChI=1S/C19H25N3O3/c1-19(2,22-17(23)15-11-20-9-10-24-12-15)13-25-18-16-6-4-3-5-14(16)7-8-21-18/h3-8,15,20H,9-13H2,1-2H3,(H,22,23). The number of benzene rings is 1. The summed E-state index contributed by atoms with van der Waals surface area (Å²) in [5, 5.41) is 8.32. The average molecular weight is 343 g/mol. The lowest BCUT2D eigenvalue weighted by Gasteiger charge is -2.28. The predicted octanol–water partition coefficient (Wildman–Crippen LogP) is 1.74. The van der Waals surface area contributed by atoms with Crippen molar-refractivity contribution in [2.75, 3.05) is 32.9 Å². The van der Waals surface area contributed by atoms with E-state index in [1.165, 1.54) is 0 Å². The van der Waals surface area contributed by atoms with E-state index < -0.39 is 5.54 Å². The average Bonchev–Trinajstić information content (AvgIpc) is 2.89. The van der Waals surface area contributed by atoms with Crippen molar-refractivity contribution in [1.82, 2.24) is 15.6 Å². The van der Waals surface area contributed by atoms with E-state index in [9.17, 15) is 4.79 Å². The van der Waals surface area contributed by atoms with Gasteiger partial charge in [-0.1, -0.05) is 18.2 Å². The van der Waals surface area contributed by atoms with Gasteiger partial charge in [0.05, 0.1) is 24.7 Å². The SMILES string of the molecule is CC(C)(COc1nccc2ccccc12)NC(=O)C1CNCCOC1. The first kappa shape index (κ1) is 17.6. The molecule has 6 heteroatoms. The normalized spacial score (nSPS) is 18.6. The lowest BCUT2D eigenvalue weighted by molar-refractivity contribution is -0.128. The summed E-state index contributed by atoms with van der Waals surface area (Å²) in [5.41, 5.74) is -0.512. The number of rotatable bonds is 5. The van der Waals surface area contributed by atoms with Gasteiger partial charge in [0.1, 0.15) is 6.61 Å². The Kier molecular flexibility index (Phi) is 5.50. The molecule has 1 saturated heterocycles. The number of hydrogen-bond donors (Lipinski definition) is 2. The fourth-order valence-corrected chi connectivity index (χ4v) is 2.80. The minimum atomic E-state index is -0.512. The Bertz CT molecular complexity index is 719. The van der Waals surface area contributed by atoms with E-state index in [1.807, 2.05) is 44.2 Å². The molecule has 0 spiro atoms. The van der Waals surface area contributed by atoms with Gasteiger partial charge < -0.3 is 20.1 Å². The van der Waals surface area contributed by atoms with E-state index in [4.69, 9.17) is 9.47 Å². The van der Waals surface area contributed by atoms with Crippen LogP contribution in [0.2, 0.25) is 0 Å². The summed E-state index contributed by atoms with van der Waals surface area (Å²) in [6.45, 7) is 6.73. The van der Waals surface area contributed by atoms with E-state index in [-0.39, 0.29) is 11.8 Å². The molecule has 2 aromatic rings. The molecule has 1 fully saturated rings. The number of carbonyl (C=O) groups excluding carboxylic acids is 1. The van der Waals surface area contributed by atoms with E-state index in [2.05, 4.69) is 15.6 Å². The number of nitrogens with zero attached hydrogens (tertiary/aromatic N) is 1. The van der Waals surface area contributed by atoms with E-state index in [0.717, 1.165) is 17.3 Å². The minimum Gasteiger partial charge on any atom is -0.475 e. The molecule has 0 aliphatic carbocycles. The summed E-state index contributed by atoms with van der Waals surface area (Å²) in [6, 6.07) is 9.91. The van der Waals surface area contributed by atoms with Crippen LogP contribution in [-0.4, -0.2) is 49.3 Å². The number of ether oxygens (including phenoxy) is 2. The van der Waals surface area contributed by atoms with Crippen molar-refractivity contribution in [3.05, 3.63) is 36.5 Å². The van der Waals surface area contributed by atoms with E-state index in [1.54, 1.807) is 6.20 Å². The largest absolute Gasteiger partial charge is 0.475 e. The molecule has 1 unspecified atom stereocenters. The number of hydrogen-bond acceptors (Lipinski definition) is 5. The van der Waals surface area contributed by atoms with Crippen LogP contribution in [0.1, 0.15) is 13.8 Å². The molecule has 1 aromatic carbocycles. The highest BCUT2D eigenvalue weighted by atomic mass is 16.5. The Balaban J connectivity index is 1.61. The topological polar surface area (TPSA) is 72.5 Å². The molecule has 1 amide bonds. The molecule has 2 heterocycles. The van der Waals surface area contributed by atoms with Gasteiger partial charge in [-0.05, 0) is 31.4 Å². The Morgan fingerprint density at radius 3 is 3.12 bits per heavy atom. The Hall–Kier alpha value is -2.18. The molecule has 1 aliphatic rings. The van der Waals surface area contributed by atoms with Crippen LogP contribution in [0.5, 0.6) is 5.88 Å². The third-order valence-electron chi connectivity index (χ3n) is 4.17. The zero-order valence-corrected chi connectivity index (χ0v) is 14.7. The van der Waals surface area contributed by atoms with Crippen LogP contribution < -0.4 is 15.4 Å². The molecular formula is C19H25N3O3. The van der Waals surface area contributed by atoms with Gasteiger partial charge in [-0.2, -0.15) is 0 Å². The third kappa shape index (κ3) is 4.67. The Morgan fingerprint density at radius 2 is 2.24 bits per heavy atom. The Labute approximate surface area is 147 Å². The zero-order chi connectivity index (χ0) is 17.7. The van der Waals surface area contributed by atoms with Gasteiger partial charge in [-0.25, -0.2) is 4.98 Å². The fourth-order valence-electron chi connectivity index (χ4n) is 2.80. The number of nitrogens with one attached hydrogen (secondary N) is 2.